The van der Waals surface area contributed by atoms with E-state index in [0.717, 1.165) is 30.2 Å². The first-order valence-corrected chi connectivity index (χ1v) is 8.85. The highest BCUT2D eigenvalue weighted by molar-refractivity contribution is 5.49. The molecular weight excluding hydrogens is 300 g/mol. The minimum absolute atomic E-state index is 0.0224. The molecule has 0 aromatic carbocycles. The molecule has 24 heavy (non-hydrogen) atoms. The van der Waals surface area contributed by atoms with Gasteiger partial charge in [-0.15, -0.1) is 0 Å². The minimum Gasteiger partial charge on any atom is -0.469 e. The molecule has 124 valence electrons. The van der Waals surface area contributed by atoms with Crippen molar-refractivity contribution in [1.82, 2.24) is 14.9 Å². The second-order valence-corrected chi connectivity index (χ2v) is 7.26. The highest BCUT2D eigenvalue weighted by Gasteiger charge is 2.52. The van der Waals surface area contributed by atoms with Gasteiger partial charge in [0.05, 0.1) is 24.1 Å². The zero-order chi connectivity index (χ0) is 16.0. The molecule has 1 N–H and O–H groups in total. The SMILES string of the molecule is c1ccc(CNc2cnc3c(c2)C[C@@]2(CN4CCC2CC4)O3)nc1. The van der Waals surface area contributed by atoms with Crippen molar-refractivity contribution in [2.75, 3.05) is 25.0 Å². The summed E-state index contributed by atoms with van der Waals surface area (Å²) in [7, 11) is 0. The molecule has 0 unspecified atom stereocenters. The summed E-state index contributed by atoms with van der Waals surface area (Å²) in [4.78, 5) is 11.5. The van der Waals surface area contributed by atoms with Crippen LogP contribution in [0.15, 0.2) is 36.7 Å². The predicted octanol–water partition coefficient (Wildman–Crippen LogP) is 2.49. The fourth-order valence-electron chi connectivity index (χ4n) is 4.50. The van der Waals surface area contributed by atoms with Crippen LogP contribution in [0.2, 0.25) is 0 Å². The van der Waals surface area contributed by atoms with Crippen molar-refractivity contribution in [2.45, 2.75) is 31.4 Å². The number of anilines is 1. The third kappa shape index (κ3) is 2.35. The van der Waals surface area contributed by atoms with Crippen LogP contribution in [0.4, 0.5) is 5.69 Å². The minimum atomic E-state index is -0.0224. The average Bonchev–Trinajstić information content (AvgIpc) is 2.98. The van der Waals surface area contributed by atoms with Crippen LogP contribution in [0.25, 0.3) is 0 Å². The summed E-state index contributed by atoms with van der Waals surface area (Å²) < 4.78 is 6.39. The molecule has 1 atom stereocenters. The van der Waals surface area contributed by atoms with Gasteiger partial charge in [0.2, 0.25) is 5.88 Å². The van der Waals surface area contributed by atoms with Crippen molar-refractivity contribution in [3.05, 3.63) is 47.9 Å². The van der Waals surface area contributed by atoms with Gasteiger partial charge in [-0.2, -0.15) is 0 Å². The quantitative estimate of drug-likeness (QED) is 0.941. The van der Waals surface area contributed by atoms with Gasteiger partial charge >= 0.3 is 0 Å². The maximum absolute atomic E-state index is 6.39. The average molecular weight is 322 g/mol. The molecule has 4 aliphatic rings. The van der Waals surface area contributed by atoms with E-state index in [1.54, 1.807) is 0 Å². The normalized spacial score (nSPS) is 30.2. The summed E-state index contributed by atoms with van der Waals surface area (Å²) in [6.07, 6.45) is 7.22. The standard InChI is InChI=1S/C19H22N4O/c1-2-6-20-16(3-1)11-21-17-9-14-10-19(24-18(14)22-12-17)13-23-7-4-15(19)5-8-23/h1-3,6,9,12,15,21H,4-5,7-8,10-11,13H2/t19-/m0/s1. The van der Waals surface area contributed by atoms with Gasteiger partial charge < -0.3 is 10.1 Å². The van der Waals surface area contributed by atoms with E-state index < -0.39 is 0 Å². The van der Waals surface area contributed by atoms with Crippen LogP contribution in [0, 0.1) is 5.92 Å². The second kappa shape index (κ2) is 5.45. The molecule has 2 aromatic rings. The van der Waals surface area contributed by atoms with Crippen LogP contribution in [-0.4, -0.2) is 40.1 Å². The monoisotopic (exact) mass is 322 g/mol. The third-order valence-corrected chi connectivity index (χ3v) is 5.74. The van der Waals surface area contributed by atoms with E-state index in [0.29, 0.717) is 12.5 Å². The smallest absolute Gasteiger partial charge is 0.217 e. The molecule has 6 rings (SSSR count). The number of hydrogen-bond acceptors (Lipinski definition) is 5. The van der Waals surface area contributed by atoms with Crippen molar-refractivity contribution in [1.29, 1.82) is 0 Å². The first kappa shape index (κ1) is 14.2. The Balaban J connectivity index is 1.33. The van der Waals surface area contributed by atoms with E-state index >= 15 is 0 Å². The lowest BCUT2D eigenvalue weighted by Crippen LogP contribution is -2.61. The molecule has 3 fully saturated rings. The van der Waals surface area contributed by atoms with Gasteiger partial charge in [0, 0.05) is 30.6 Å². The molecule has 0 radical (unpaired) electrons. The maximum atomic E-state index is 6.39. The molecule has 2 bridgehead atoms. The third-order valence-electron chi connectivity index (χ3n) is 5.74. The highest BCUT2D eigenvalue weighted by atomic mass is 16.5. The number of piperidine rings is 3. The van der Waals surface area contributed by atoms with E-state index in [2.05, 4.69) is 26.3 Å². The van der Waals surface area contributed by atoms with Crippen LogP contribution in [0.3, 0.4) is 0 Å². The first-order chi connectivity index (χ1) is 11.8. The van der Waals surface area contributed by atoms with Gasteiger partial charge in [-0.05, 0) is 44.1 Å². The van der Waals surface area contributed by atoms with Crippen molar-refractivity contribution in [3.8, 4) is 5.88 Å². The highest BCUT2D eigenvalue weighted by Crippen LogP contribution is 2.46. The molecule has 3 saturated heterocycles. The topological polar surface area (TPSA) is 50.3 Å². The van der Waals surface area contributed by atoms with Crippen molar-refractivity contribution in [3.63, 3.8) is 0 Å². The van der Waals surface area contributed by atoms with Gasteiger partial charge in [0.15, 0.2) is 0 Å². The molecular formula is C19H22N4O. The predicted molar refractivity (Wildman–Crippen MR) is 92.0 cm³/mol. The molecule has 5 heteroatoms. The van der Waals surface area contributed by atoms with Crippen LogP contribution in [0.5, 0.6) is 5.88 Å². The Morgan fingerprint density at radius 1 is 1.25 bits per heavy atom. The van der Waals surface area contributed by atoms with Crippen molar-refractivity contribution in [2.24, 2.45) is 5.92 Å². The fourth-order valence-corrected chi connectivity index (χ4v) is 4.50. The number of nitrogens with zero attached hydrogens (tertiary/aromatic N) is 3. The maximum Gasteiger partial charge on any atom is 0.217 e. The molecule has 5 nitrogen and oxygen atoms in total. The molecule has 6 heterocycles. The summed E-state index contributed by atoms with van der Waals surface area (Å²) in [6.45, 7) is 4.24. The van der Waals surface area contributed by atoms with E-state index in [1.165, 1.54) is 31.5 Å². The lowest BCUT2D eigenvalue weighted by Gasteiger charge is -2.50. The lowest BCUT2D eigenvalue weighted by molar-refractivity contribution is -0.0814. The fraction of sp³-hybridized carbons (Fsp3) is 0.474. The summed E-state index contributed by atoms with van der Waals surface area (Å²) in [5, 5.41) is 3.43. The Hall–Kier alpha value is -2.14. The van der Waals surface area contributed by atoms with Gasteiger partial charge in [0.1, 0.15) is 5.60 Å². The molecule has 2 aromatic heterocycles. The Labute approximate surface area is 142 Å². The van der Waals surface area contributed by atoms with Gasteiger partial charge in [0.25, 0.3) is 0 Å². The summed E-state index contributed by atoms with van der Waals surface area (Å²) >= 11 is 0. The number of pyridine rings is 2. The number of aromatic nitrogens is 2. The summed E-state index contributed by atoms with van der Waals surface area (Å²) in [5.41, 5.74) is 3.30. The van der Waals surface area contributed by atoms with Crippen molar-refractivity contribution < 1.29 is 4.74 Å². The molecule has 0 saturated carbocycles. The Kier molecular flexibility index (Phi) is 3.23. The van der Waals surface area contributed by atoms with Gasteiger partial charge in [-0.25, -0.2) is 4.98 Å². The number of nitrogens with one attached hydrogen (secondary N) is 1. The van der Waals surface area contributed by atoms with Gasteiger partial charge in [-0.1, -0.05) is 6.07 Å². The largest absolute Gasteiger partial charge is 0.469 e. The Morgan fingerprint density at radius 3 is 2.92 bits per heavy atom. The van der Waals surface area contributed by atoms with Crippen LogP contribution in [-0.2, 0) is 13.0 Å². The zero-order valence-corrected chi connectivity index (χ0v) is 13.7. The molecule has 4 aliphatic heterocycles. The summed E-state index contributed by atoms with van der Waals surface area (Å²) in [6, 6.07) is 8.18. The zero-order valence-electron chi connectivity index (χ0n) is 13.7. The van der Waals surface area contributed by atoms with Crippen LogP contribution in [0.1, 0.15) is 24.1 Å². The van der Waals surface area contributed by atoms with E-state index in [-0.39, 0.29) is 5.60 Å². The van der Waals surface area contributed by atoms with E-state index in [1.807, 2.05) is 30.6 Å². The molecule has 0 amide bonds. The number of rotatable bonds is 3. The number of fused-ring (bicyclic) bond motifs is 3. The van der Waals surface area contributed by atoms with E-state index in [9.17, 15) is 0 Å². The Bertz CT molecular complexity index is 742. The molecule has 1 spiro atoms. The summed E-state index contributed by atoms with van der Waals surface area (Å²) in [5.74, 6) is 1.52. The first-order valence-electron chi connectivity index (χ1n) is 8.85. The number of hydrogen-bond donors (Lipinski definition) is 1. The van der Waals surface area contributed by atoms with E-state index in [4.69, 9.17) is 4.74 Å². The molecule has 0 aliphatic carbocycles. The van der Waals surface area contributed by atoms with Crippen LogP contribution >= 0.6 is 0 Å². The lowest BCUT2D eigenvalue weighted by atomic mass is 9.73. The van der Waals surface area contributed by atoms with Crippen molar-refractivity contribution >= 4 is 5.69 Å². The Morgan fingerprint density at radius 2 is 2.17 bits per heavy atom. The second-order valence-electron chi connectivity index (χ2n) is 7.26. The van der Waals surface area contributed by atoms with Gasteiger partial charge in [-0.3, -0.25) is 9.88 Å². The number of ether oxygens (including phenoxy) is 1. The van der Waals surface area contributed by atoms with Crippen LogP contribution < -0.4 is 10.1 Å².